The molecule has 1 nitrogen and oxygen atoms in total. The van der Waals surface area contributed by atoms with E-state index in [2.05, 4.69) is 19.8 Å². The first-order valence-corrected chi connectivity index (χ1v) is 3.91. The van der Waals surface area contributed by atoms with Gasteiger partial charge in [0.1, 0.15) is 5.60 Å². The summed E-state index contributed by atoms with van der Waals surface area (Å²) in [5.74, 6) is 2.77. The van der Waals surface area contributed by atoms with E-state index in [4.69, 9.17) is 6.42 Å². The van der Waals surface area contributed by atoms with E-state index >= 15 is 0 Å². The zero-order valence-corrected chi connectivity index (χ0v) is 7.46. The van der Waals surface area contributed by atoms with E-state index in [9.17, 15) is 5.11 Å². The van der Waals surface area contributed by atoms with Crippen molar-refractivity contribution in [3.8, 4) is 12.3 Å². The number of allylic oxidation sites excluding steroid dienone is 1. The van der Waals surface area contributed by atoms with Crippen LogP contribution in [0.5, 0.6) is 0 Å². The zero-order valence-electron chi connectivity index (χ0n) is 7.46. The molecule has 0 aromatic carbocycles. The summed E-state index contributed by atoms with van der Waals surface area (Å²) in [5, 5.41) is 9.34. The molecular weight excluding hydrogens is 136 g/mol. The minimum atomic E-state index is -1.08. The SMILES string of the molecule is C#CC(C)(O)C=CC(C)CC. The van der Waals surface area contributed by atoms with Crippen molar-refractivity contribution in [2.75, 3.05) is 0 Å². The molecular formula is C10H16O. The lowest BCUT2D eigenvalue weighted by Gasteiger charge is -2.10. The summed E-state index contributed by atoms with van der Waals surface area (Å²) in [6.45, 7) is 5.79. The van der Waals surface area contributed by atoms with E-state index in [-0.39, 0.29) is 0 Å². The van der Waals surface area contributed by atoms with Crippen molar-refractivity contribution in [2.24, 2.45) is 5.92 Å². The summed E-state index contributed by atoms with van der Waals surface area (Å²) in [6, 6.07) is 0. The number of aliphatic hydroxyl groups is 1. The second-order valence-corrected chi connectivity index (χ2v) is 3.04. The molecule has 0 bridgehead atoms. The highest BCUT2D eigenvalue weighted by Crippen LogP contribution is 2.08. The van der Waals surface area contributed by atoms with Crippen molar-refractivity contribution >= 4 is 0 Å². The predicted molar refractivity (Wildman–Crippen MR) is 48.1 cm³/mol. The summed E-state index contributed by atoms with van der Waals surface area (Å²) in [7, 11) is 0. The van der Waals surface area contributed by atoms with Gasteiger partial charge < -0.3 is 5.11 Å². The van der Waals surface area contributed by atoms with Crippen molar-refractivity contribution in [1.82, 2.24) is 0 Å². The number of terminal acetylenes is 1. The van der Waals surface area contributed by atoms with Gasteiger partial charge >= 0.3 is 0 Å². The van der Waals surface area contributed by atoms with Crippen LogP contribution >= 0.6 is 0 Å². The van der Waals surface area contributed by atoms with Gasteiger partial charge in [0.15, 0.2) is 0 Å². The average Bonchev–Trinajstić information content (AvgIpc) is 2.00. The van der Waals surface area contributed by atoms with Gasteiger partial charge in [-0.2, -0.15) is 0 Å². The fraction of sp³-hybridized carbons (Fsp3) is 0.600. The molecule has 0 heterocycles. The Kier molecular flexibility index (Phi) is 3.92. The third kappa shape index (κ3) is 4.64. The number of rotatable bonds is 3. The van der Waals surface area contributed by atoms with Gasteiger partial charge in [-0.15, -0.1) is 6.42 Å². The Hall–Kier alpha value is -0.740. The standard InChI is InChI=1S/C10H16O/c1-5-9(3)7-8-10(4,11)6-2/h2,7-9,11H,5H2,1,3-4H3. The van der Waals surface area contributed by atoms with Crippen LogP contribution in [0.2, 0.25) is 0 Å². The molecule has 0 saturated heterocycles. The molecule has 0 aliphatic rings. The van der Waals surface area contributed by atoms with Gasteiger partial charge in [0.2, 0.25) is 0 Å². The van der Waals surface area contributed by atoms with Crippen molar-refractivity contribution < 1.29 is 5.11 Å². The van der Waals surface area contributed by atoms with E-state index < -0.39 is 5.60 Å². The van der Waals surface area contributed by atoms with Crippen LogP contribution in [0.4, 0.5) is 0 Å². The Labute approximate surface area is 69.1 Å². The second-order valence-electron chi connectivity index (χ2n) is 3.04. The van der Waals surface area contributed by atoms with Crippen LogP contribution in [0.3, 0.4) is 0 Å². The van der Waals surface area contributed by atoms with Gasteiger partial charge in [-0.3, -0.25) is 0 Å². The molecule has 0 rings (SSSR count). The minimum Gasteiger partial charge on any atom is -0.374 e. The van der Waals surface area contributed by atoms with E-state index in [0.717, 1.165) is 6.42 Å². The molecule has 0 spiro atoms. The van der Waals surface area contributed by atoms with Crippen LogP contribution in [0.15, 0.2) is 12.2 Å². The third-order valence-corrected chi connectivity index (χ3v) is 1.69. The number of hydrogen-bond donors (Lipinski definition) is 1. The third-order valence-electron chi connectivity index (χ3n) is 1.69. The molecule has 1 heteroatoms. The molecule has 0 fully saturated rings. The van der Waals surface area contributed by atoms with E-state index in [1.54, 1.807) is 13.0 Å². The van der Waals surface area contributed by atoms with E-state index in [1.165, 1.54) is 0 Å². The molecule has 1 N–H and O–H groups in total. The van der Waals surface area contributed by atoms with Crippen LogP contribution in [-0.4, -0.2) is 10.7 Å². The predicted octanol–water partition coefficient (Wildman–Crippen LogP) is 1.97. The van der Waals surface area contributed by atoms with Crippen LogP contribution in [-0.2, 0) is 0 Å². The Morgan fingerprint density at radius 2 is 2.27 bits per heavy atom. The molecule has 0 amide bonds. The topological polar surface area (TPSA) is 20.2 Å². The van der Waals surface area contributed by atoms with Gasteiger partial charge in [-0.25, -0.2) is 0 Å². The zero-order chi connectivity index (χ0) is 8.91. The lowest BCUT2D eigenvalue weighted by molar-refractivity contribution is 0.174. The monoisotopic (exact) mass is 152 g/mol. The van der Waals surface area contributed by atoms with Gasteiger partial charge in [-0.05, 0) is 18.9 Å². The van der Waals surface area contributed by atoms with Crippen molar-refractivity contribution in [1.29, 1.82) is 0 Å². The van der Waals surface area contributed by atoms with Crippen LogP contribution in [0, 0.1) is 18.3 Å². The van der Waals surface area contributed by atoms with Crippen molar-refractivity contribution in [3.05, 3.63) is 12.2 Å². The largest absolute Gasteiger partial charge is 0.374 e. The lowest BCUT2D eigenvalue weighted by atomic mass is 10.0. The quantitative estimate of drug-likeness (QED) is 0.484. The van der Waals surface area contributed by atoms with Crippen molar-refractivity contribution in [2.45, 2.75) is 32.8 Å². The maximum absolute atomic E-state index is 9.34. The Balaban J connectivity index is 4.04. The Morgan fingerprint density at radius 3 is 2.64 bits per heavy atom. The fourth-order valence-corrected chi connectivity index (χ4v) is 0.536. The van der Waals surface area contributed by atoms with Gasteiger partial charge in [-0.1, -0.05) is 32.3 Å². The maximum Gasteiger partial charge on any atom is 0.141 e. The normalized spacial score (nSPS) is 19.2. The second kappa shape index (κ2) is 4.20. The number of hydrogen-bond acceptors (Lipinski definition) is 1. The van der Waals surface area contributed by atoms with Crippen LogP contribution in [0.1, 0.15) is 27.2 Å². The van der Waals surface area contributed by atoms with Crippen LogP contribution in [0.25, 0.3) is 0 Å². The first-order valence-electron chi connectivity index (χ1n) is 3.91. The fourth-order valence-electron chi connectivity index (χ4n) is 0.536. The maximum atomic E-state index is 9.34. The molecule has 0 aromatic heterocycles. The Bertz CT molecular complexity index is 172. The van der Waals surface area contributed by atoms with Gasteiger partial charge in [0.05, 0.1) is 0 Å². The highest BCUT2D eigenvalue weighted by atomic mass is 16.3. The molecule has 0 aliphatic heterocycles. The minimum absolute atomic E-state index is 0.481. The molecule has 2 atom stereocenters. The molecule has 2 unspecified atom stereocenters. The molecule has 0 aromatic rings. The smallest absolute Gasteiger partial charge is 0.141 e. The van der Waals surface area contributed by atoms with Gasteiger partial charge in [0, 0.05) is 0 Å². The summed E-state index contributed by atoms with van der Waals surface area (Å²) < 4.78 is 0. The van der Waals surface area contributed by atoms with Crippen LogP contribution < -0.4 is 0 Å². The molecule has 11 heavy (non-hydrogen) atoms. The first kappa shape index (κ1) is 10.3. The Morgan fingerprint density at radius 1 is 1.73 bits per heavy atom. The first-order chi connectivity index (χ1) is 5.02. The summed E-state index contributed by atoms with van der Waals surface area (Å²) >= 11 is 0. The summed E-state index contributed by atoms with van der Waals surface area (Å²) in [5.41, 5.74) is -1.08. The summed E-state index contributed by atoms with van der Waals surface area (Å²) in [6.07, 6.45) is 9.76. The van der Waals surface area contributed by atoms with E-state index in [0.29, 0.717) is 5.92 Å². The van der Waals surface area contributed by atoms with Gasteiger partial charge in [0.25, 0.3) is 0 Å². The highest BCUT2D eigenvalue weighted by molar-refractivity contribution is 5.16. The van der Waals surface area contributed by atoms with Crippen molar-refractivity contribution in [3.63, 3.8) is 0 Å². The molecule has 62 valence electrons. The molecule has 0 saturated carbocycles. The lowest BCUT2D eigenvalue weighted by Crippen LogP contribution is -2.17. The highest BCUT2D eigenvalue weighted by Gasteiger charge is 2.10. The average molecular weight is 152 g/mol. The van der Waals surface area contributed by atoms with E-state index in [1.807, 2.05) is 6.08 Å². The molecule has 0 aliphatic carbocycles. The molecule has 0 radical (unpaired) electrons. The summed E-state index contributed by atoms with van der Waals surface area (Å²) in [4.78, 5) is 0.